The van der Waals surface area contributed by atoms with Crippen LogP contribution >= 0.6 is 0 Å². The van der Waals surface area contributed by atoms with E-state index in [0.29, 0.717) is 56.2 Å². The number of likely N-dealkylation sites (tertiary alicyclic amines) is 1. The Balaban J connectivity index is 0.818. The highest BCUT2D eigenvalue weighted by molar-refractivity contribution is 6.05. The largest absolute Gasteiger partial charge is 0.490 e. The van der Waals surface area contributed by atoms with Gasteiger partial charge in [-0.25, -0.2) is 14.8 Å². The number of urea groups is 1. The number of anilines is 2. The molecule has 2 saturated heterocycles. The highest BCUT2D eigenvalue weighted by Gasteiger charge is 2.35. The van der Waals surface area contributed by atoms with Crippen molar-refractivity contribution in [2.24, 2.45) is 5.92 Å². The normalized spacial score (nSPS) is 19.5. The molecule has 59 heavy (non-hydrogen) atoms. The summed E-state index contributed by atoms with van der Waals surface area (Å²) in [6.07, 6.45) is 11.0. The van der Waals surface area contributed by atoms with Gasteiger partial charge in [0.1, 0.15) is 17.3 Å². The van der Waals surface area contributed by atoms with E-state index in [9.17, 15) is 27.6 Å². The lowest BCUT2D eigenvalue weighted by molar-refractivity contribution is -0.138. The van der Waals surface area contributed by atoms with Crippen LogP contribution in [0.3, 0.4) is 0 Å². The number of alkyl halides is 3. The number of carbonyl (C=O) groups excluding carboxylic acids is 3. The molecule has 0 unspecified atom stereocenters. The third kappa shape index (κ3) is 10.3. The van der Waals surface area contributed by atoms with E-state index in [0.717, 1.165) is 87.3 Å². The molecule has 1 saturated carbocycles. The number of benzene rings is 1. The summed E-state index contributed by atoms with van der Waals surface area (Å²) in [4.78, 5) is 55.4. The molecule has 312 valence electrons. The van der Waals surface area contributed by atoms with Crippen LogP contribution in [0.1, 0.15) is 98.8 Å². The fraction of sp³-hybridized carbons (Fsp3) is 0.500. The van der Waals surface area contributed by atoms with Crippen LogP contribution in [-0.4, -0.2) is 87.1 Å². The zero-order valence-corrected chi connectivity index (χ0v) is 33.0. The Kier molecular flexibility index (Phi) is 12.9. The van der Waals surface area contributed by atoms with Gasteiger partial charge >= 0.3 is 12.2 Å². The van der Waals surface area contributed by atoms with Crippen LogP contribution in [0, 0.1) is 17.2 Å². The van der Waals surface area contributed by atoms with Crippen LogP contribution in [0.15, 0.2) is 55.2 Å². The Labute approximate surface area is 340 Å². The lowest BCUT2D eigenvalue weighted by Gasteiger charge is -2.38. The minimum Gasteiger partial charge on any atom is -0.490 e. The second-order valence-corrected chi connectivity index (χ2v) is 15.7. The number of imide groups is 1. The Morgan fingerprint density at radius 1 is 0.932 bits per heavy atom. The number of piperidine rings is 2. The maximum Gasteiger partial charge on any atom is 0.417 e. The van der Waals surface area contributed by atoms with Gasteiger partial charge in [0.25, 0.3) is 5.91 Å². The van der Waals surface area contributed by atoms with E-state index in [4.69, 9.17) is 10.00 Å². The molecular weight excluding hydrogens is 766 g/mol. The van der Waals surface area contributed by atoms with Gasteiger partial charge in [0.15, 0.2) is 0 Å². The van der Waals surface area contributed by atoms with Gasteiger partial charge in [-0.15, -0.1) is 0 Å². The van der Waals surface area contributed by atoms with Gasteiger partial charge in [0, 0.05) is 62.8 Å². The van der Waals surface area contributed by atoms with Crippen molar-refractivity contribution >= 4 is 40.3 Å². The van der Waals surface area contributed by atoms with Crippen molar-refractivity contribution in [3.8, 4) is 11.8 Å². The highest BCUT2D eigenvalue weighted by Crippen LogP contribution is 2.36. The number of nitriles is 1. The first kappa shape index (κ1) is 41.4. The number of aromatic nitrogens is 4. The van der Waals surface area contributed by atoms with Crippen LogP contribution in [0.2, 0.25) is 0 Å². The molecule has 7 rings (SSSR count). The molecule has 0 radical (unpaired) electrons. The van der Waals surface area contributed by atoms with Gasteiger partial charge < -0.3 is 29.7 Å². The first-order chi connectivity index (χ1) is 28.5. The fourth-order valence-corrected chi connectivity index (χ4v) is 8.46. The minimum atomic E-state index is -4.65. The number of hydrogen-bond acceptors (Lipinski definition) is 10. The molecule has 4 aromatic rings. The number of pyridine rings is 1. The second-order valence-electron chi connectivity index (χ2n) is 15.7. The van der Waals surface area contributed by atoms with Crippen LogP contribution in [0.4, 0.5) is 29.5 Å². The molecule has 3 N–H and O–H groups in total. The minimum absolute atomic E-state index is 0.0686. The number of hydrogen-bond donors (Lipinski definition) is 3. The van der Waals surface area contributed by atoms with Gasteiger partial charge in [-0.2, -0.15) is 18.4 Å². The third-order valence-electron chi connectivity index (χ3n) is 11.6. The van der Waals surface area contributed by atoms with E-state index in [1.165, 1.54) is 12.3 Å². The van der Waals surface area contributed by atoms with Crippen molar-refractivity contribution < 1.29 is 32.3 Å². The average molecular weight is 815 g/mol. The van der Waals surface area contributed by atoms with Crippen molar-refractivity contribution in [2.75, 3.05) is 42.9 Å². The molecule has 0 spiro atoms. The van der Waals surface area contributed by atoms with Crippen LogP contribution in [0.25, 0.3) is 10.9 Å². The summed E-state index contributed by atoms with van der Waals surface area (Å²) in [5.74, 6) is 0.756. The number of nitrogens with one attached hydrogen (secondary N) is 3. The SMILES string of the molecule is CCCC(=O)NC(=O)Nc1cncc2c1ccn2C1CCN(CC2CCN(c3cnc(C(=O)NC4CCC(Oc5ccc(C#N)c(C(F)(F)F)c5)CC4)cn3)CC2)CC1. The molecular formula is C42H49F3N10O4. The second kappa shape index (κ2) is 18.4. The van der Waals surface area contributed by atoms with Crippen molar-refractivity contribution in [3.63, 3.8) is 0 Å². The summed E-state index contributed by atoms with van der Waals surface area (Å²) in [5, 5.41) is 18.1. The fourth-order valence-electron chi connectivity index (χ4n) is 8.46. The van der Waals surface area contributed by atoms with E-state index >= 15 is 0 Å². The zero-order valence-electron chi connectivity index (χ0n) is 33.0. The number of amides is 4. The third-order valence-corrected chi connectivity index (χ3v) is 11.6. The number of ether oxygens (including phenoxy) is 1. The maximum atomic E-state index is 13.4. The van der Waals surface area contributed by atoms with Crippen LogP contribution < -0.4 is 25.6 Å². The summed E-state index contributed by atoms with van der Waals surface area (Å²) < 4.78 is 48.2. The molecule has 1 aliphatic carbocycles. The zero-order chi connectivity index (χ0) is 41.5. The lowest BCUT2D eigenvalue weighted by Crippen LogP contribution is -2.42. The van der Waals surface area contributed by atoms with E-state index < -0.39 is 23.3 Å². The topological polar surface area (TPSA) is 170 Å². The van der Waals surface area contributed by atoms with Gasteiger partial charge in [0.2, 0.25) is 5.91 Å². The molecule has 14 nitrogen and oxygen atoms in total. The van der Waals surface area contributed by atoms with Crippen molar-refractivity contribution in [3.05, 3.63) is 72.1 Å². The van der Waals surface area contributed by atoms with Crippen molar-refractivity contribution in [1.29, 1.82) is 5.26 Å². The molecule has 1 aromatic carbocycles. The summed E-state index contributed by atoms with van der Waals surface area (Å²) in [7, 11) is 0. The van der Waals surface area contributed by atoms with Crippen LogP contribution in [0.5, 0.6) is 5.75 Å². The molecule has 3 aromatic heterocycles. The number of nitrogens with zero attached hydrogens (tertiary/aromatic N) is 7. The van der Waals surface area contributed by atoms with E-state index in [1.807, 2.05) is 19.2 Å². The summed E-state index contributed by atoms with van der Waals surface area (Å²) >= 11 is 0. The van der Waals surface area contributed by atoms with E-state index in [1.54, 1.807) is 18.5 Å². The van der Waals surface area contributed by atoms with Crippen LogP contribution in [-0.2, 0) is 11.0 Å². The average Bonchev–Trinajstić information content (AvgIpc) is 3.67. The number of fused-ring (bicyclic) bond motifs is 1. The summed E-state index contributed by atoms with van der Waals surface area (Å²) in [6.45, 7) is 6.63. The Morgan fingerprint density at radius 2 is 1.69 bits per heavy atom. The first-order valence-electron chi connectivity index (χ1n) is 20.4. The Morgan fingerprint density at radius 3 is 2.37 bits per heavy atom. The van der Waals surface area contributed by atoms with Gasteiger partial charge in [-0.3, -0.25) is 19.9 Å². The van der Waals surface area contributed by atoms with Gasteiger partial charge in [-0.1, -0.05) is 6.92 Å². The molecule has 3 fully saturated rings. The highest BCUT2D eigenvalue weighted by atomic mass is 19.4. The van der Waals surface area contributed by atoms with E-state index in [-0.39, 0.29) is 35.4 Å². The Bertz CT molecular complexity index is 2150. The number of rotatable bonds is 11. The van der Waals surface area contributed by atoms with Crippen molar-refractivity contribution in [2.45, 2.75) is 95.5 Å². The molecule has 2 aliphatic heterocycles. The predicted octanol–water partition coefficient (Wildman–Crippen LogP) is 6.84. The van der Waals surface area contributed by atoms with E-state index in [2.05, 4.69) is 51.5 Å². The monoisotopic (exact) mass is 814 g/mol. The smallest absolute Gasteiger partial charge is 0.417 e. The summed E-state index contributed by atoms with van der Waals surface area (Å²) in [5.41, 5.74) is 0.289. The first-order valence-corrected chi connectivity index (χ1v) is 20.4. The van der Waals surface area contributed by atoms with Crippen molar-refractivity contribution in [1.82, 2.24) is 35.1 Å². The molecule has 3 aliphatic rings. The molecule has 0 atom stereocenters. The van der Waals surface area contributed by atoms with Gasteiger partial charge in [0.05, 0.1) is 59.3 Å². The predicted molar refractivity (Wildman–Crippen MR) is 214 cm³/mol. The van der Waals surface area contributed by atoms with Gasteiger partial charge in [-0.05, 0) is 88.0 Å². The number of carbonyl (C=O) groups is 3. The molecule has 5 heterocycles. The standard InChI is InChI=1S/C42H49F3N10O4/c1-2-3-39(56)52-41(58)51-35-22-47-24-37-33(35)14-19-55(37)30-12-15-53(16-13-30)26-27-10-17-54(18-11-27)38-25-48-36(23-49-38)40(57)50-29-5-8-31(9-6-29)59-32-7-4-28(21-46)34(20-32)42(43,44)45/h4,7,14,19-20,22-25,27,29-31H,2-3,5-6,8-13,15-18,26H2,1H3,(H,50,57)(H2,51,52,56,58). The molecule has 4 amide bonds. The molecule has 0 bridgehead atoms. The quantitative estimate of drug-likeness (QED) is 0.146. The molecule has 17 heteroatoms. The maximum absolute atomic E-state index is 13.4. The Hall–Kier alpha value is -5.76. The lowest BCUT2D eigenvalue weighted by atomic mass is 9.92. The number of halogens is 3. The summed E-state index contributed by atoms with van der Waals surface area (Å²) in [6, 6.07) is 6.59.